The minimum absolute atomic E-state index is 0.00839. The van der Waals surface area contributed by atoms with Gasteiger partial charge in [-0.15, -0.1) is 0 Å². The van der Waals surface area contributed by atoms with Crippen molar-refractivity contribution >= 4 is 11.6 Å². The van der Waals surface area contributed by atoms with Crippen molar-refractivity contribution in [1.29, 1.82) is 0 Å². The Kier molecular flexibility index (Phi) is 5.23. The molecular formula is C17H27N3O. The lowest BCUT2D eigenvalue weighted by Gasteiger charge is -2.40. The van der Waals surface area contributed by atoms with Crippen LogP contribution < -0.4 is 10.6 Å². The predicted octanol–water partition coefficient (Wildman–Crippen LogP) is 2.58. The van der Waals surface area contributed by atoms with E-state index in [9.17, 15) is 4.79 Å². The zero-order chi connectivity index (χ0) is 15.4. The molecule has 2 rings (SSSR count). The molecule has 1 aliphatic rings. The van der Waals surface area contributed by atoms with Crippen molar-refractivity contribution in [2.45, 2.75) is 39.3 Å². The second-order valence-corrected chi connectivity index (χ2v) is 6.19. The van der Waals surface area contributed by atoms with Gasteiger partial charge in [0, 0.05) is 36.4 Å². The minimum Gasteiger partial charge on any atom is -0.382 e. The van der Waals surface area contributed by atoms with Crippen LogP contribution in [0.3, 0.4) is 0 Å². The molecule has 1 heterocycles. The van der Waals surface area contributed by atoms with Crippen LogP contribution in [0.2, 0.25) is 0 Å². The molecule has 0 aliphatic carbocycles. The Balaban J connectivity index is 2.05. The molecular weight excluding hydrogens is 262 g/mol. The van der Waals surface area contributed by atoms with Crippen molar-refractivity contribution < 1.29 is 4.79 Å². The van der Waals surface area contributed by atoms with Gasteiger partial charge in [0.05, 0.1) is 0 Å². The van der Waals surface area contributed by atoms with E-state index in [0.717, 1.165) is 24.2 Å². The van der Waals surface area contributed by atoms with Crippen LogP contribution in [0.15, 0.2) is 24.3 Å². The highest BCUT2D eigenvalue weighted by Crippen LogP contribution is 2.24. The van der Waals surface area contributed by atoms with Gasteiger partial charge in [0.25, 0.3) is 5.91 Å². The standard InChI is InChI=1S/C17H27N3O/c1-5-18-17(21)14-7-6-8-15(10-14)19-16-9-13(3)20(4)11-12(16)2/h6-8,10,12-13,16,19H,5,9,11H2,1-4H3,(H,18,21). The lowest BCUT2D eigenvalue weighted by atomic mass is 9.89. The highest BCUT2D eigenvalue weighted by Gasteiger charge is 2.28. The van der Waals surface area contributed by atoms with Crippen LogP contribution in [-0.2, 0) is 0 Å². The van der Waals surface area contributed by atoms with E-state index in [-0.39, 0.29) is 5.91 Å². The molecule has 4 heteroatoms. The van der Waals surface area contributed by atoms with Gasteiger partial charge in [-0.1, -0.05) is 13.0 Å². The third kappa shape index (κ3) is 3.97. The van der Waals surface area contributed by atoms with Crippen molar-refractivity contribution in [1.82, 2.24) is 10.2 Å². The van der Waals surface area contributed by atoms with Crippen molar-refractivity contribution in [3.63, 3.8) is 0 Å². The summed E-state index contributed by atoms with van der Waals surface area (Å²) in [7, 11) is 2.19. The molecule has 21 heavy (non-hydrogen) atoms. The molecule has 1 aliphatic heterocycles. The molecule has 1 fully saturated rings. The van der Waals surface area contributed by atoms with E-state index >= 15 is 0 Å². The Morgan fingerprint density at radius 1 is 1.38 bits per heavy atom. The van der Waals surface area contributed by atoms with Crippen LogP contribution in [-0.4, -0.2) is 43.0 Å². The first kappa shape index (κ1) is 15.8. The topological polar surface area (TPSA) is 44.4 Å². The number of rotatable bonds is 4. The van der Waals surface area contributed by atoms with Crippen LogP contribution in [0.25, 0.3) is 0 Å². The number of benzene rings is 1. The molecule has 1 saturated heterocycles. The number of hydrogen-bond donors (Lipinski definition) is 2. The Labute approximate surface area is 127 Å². The molecule has 0 spiro atoms. The summed E-state index contributed by atoms with van der Waals surface area (Å²) in [5, 5.41) is 6.45. The maximum Gasteiger partial charge on any atom is 0.251 e. The van der Waals surface area contributed by atoms with E-state index in [1.165, 1.54) is 0 Å². The summed E-state index contributed by atoms with van der Waals surface area (Å²) in [5.41, 5.74) is 1.75. The van der Waals surface area contributed by atoms with Crippen LogP contribution in [0, 0.1) is 5.92 Å². The molecule has 0 aromatic heterocycles. The number of piperidine rings is 1. The minimum atomic E-state index is -0.00839. The average molecular weight is 289 g/mol. The summed E-state index contributed by atoms with van der Waals surface area (Å²) in [6, 6.07) is 8.83. The number of amides is 1. The lowest BCUT2D eigenvalue weighted by molar-refractivity contribution is 0.0956. The molecule has 0 radical (unpaired) electrons. The van der Waals surface area contributed by atoms with E-state index in [4.69, 9.17) is 0 Å². The first-order chi connectivity index (χ1) is 10.0. The fourth-order valence-electron chi connectivity index (χ4n) is 2.97. The van der Waals surface area contributed by atoms with Crippen molar-refractivity contribution in [3.05, 3.63) is 29.8 Å². The molecule has 1 aromatic rings. The highest BCUT2D eigenvalue weighted by molar-refractivity contribution is 5.95. The van der Waals surface area contributed by atoms with E-state index in [0.29, 0.717) is 24.5 Å². The summed E-state index contributed by atoms with van der Waals surface area (Å²) in [6.07, 6.45) is 1.13. The number of carbonyl (C=O) groups excluding carboxylic acids is 1. The summed E-state index contributed by atoms with van der Waals surface area (Å²) in [5.74, 6) is 0.588. The van der Waals surface area contributed by atoms with Gasteiger partial charge >= 0.3 is 0 Å². The fourth-order valence-corrected chi connectivity index (χ4v) is 2.97. The van der Waals surface area contributed by atoms with Gasteiger partial charge in [0.2, 0.25) is 0 Å². The highest BCUT2D eigenvalue weighted by atomic mass is 16.1. The second kappa shape index (κ2) is 6.94. The quantitative estimate of drug-likeness (QED) is 0.895. The molecule has 1 aromatic carbocycles. The van der Waals surface area contributed by atoms with E-state index < -0.39 is 0 Å². The smallest absolute Gasteiger partial charge is 0.251 e. The summed E-state index contributed by atoms with van der Waals surface area (Å²) < 4.78 is 0. The summed E-state index contributed by atoms with van der Waals surface area (Å²) in [4.78, 5) is 14.3. The lowest BCUT2D eigenvalue weighted by Crippen LogP contribution is -2.48. The molecule has 1 amide bonds. The van der Waals surface area contributed by atoms with Crippen LogP contribution in [0.5, 0.6) is 0 Å². The number of nitrogens with zero attached hydrogens (tertiary/aromatic N) is 1. The van der Waals surface area contributed by atoms with E-state index in [1.54, 1.807) is 0 Å². The normalized spacial score (nSPS) is 26.4. The third-order valence-electron chi connectivity index (χ3n) is 4.42. The number of likely N-dealkylation sites (tertiary alicyclic amines) is 1. The number of carbonyl (C=O) groups is 1. The Bertz CT molecular complexity index is 489. The Morgan fingerprint density at radius 2 is 2.14 bits per heavy atom. The fraction of sp³-hybridized carbons (Fsp3) is 0.588. The second-order valence-electron chi connectivity index (χ2n) is 6.19. The van der Waals surface area contributed by atoms with Crippen molar-refractivity contribution in [2.24, 2.45) is 5.92 Å². The number of nitrogens with one attached hydrogen (secondary N) is 2. The van der Waals surface area contributed by atoms with Crippen LogP contribution in [0.1, 0.15) is 37.6 Å². The summed E-state index contributed by atoms with van der Waals surface area (Å²) >= 11 is 0. The molecule has 116 valence electrons. The molecule has 3 atom stereocenters. The van der Waals surface area contributed by atoms with Crippen molar-refractivity contribution in [2.75, 3.05) is 25.5 Å². The maximum absolute atomic E-state index is 11.9. The van der Waals surface area contributed by atoms with Gasteiger partial charge in [-0.3, -0.25) is 4.79 Å². The van der Waals surface area contributed by atoms with Crippen LogP contribution >= 0.6 is 0 Å². The number of hydrogen-bond acceptors (Lipinski definition) is 3. The van der Waals surface area contributed by atoms with Gasteiger partial charge < -0.3 is 15.5 Å². The molecule has 4 nitrogen and oxygen atoms in total. The third-order valence-corrected chi connectivity index (χ3v) is 4.42. The molecule has 3 unspecified atom stereocenters. The largest absolute Gasteiger partial charge is 0.382 e. The first-order valence-corrected chi connectivity index (χ1v) is 7.86. The van der Waals surface area contributed by atoms with Gasteiger partial charge in [0.1, 0.15) is 0 Å². The number of anilines is 1. The predicted molar refractivity (Wildman–Crippen MR) is 87.7 cm³/mol. The first-order valence-electron chi connectivity index (χ1n) is 7.86. The Morgan fingerprint density at radius 3 is 2.86 bits per heavy atom. The molecule has 0 saturated carbocycles. The maximum atomic E-state index is 11.9. The summed E-state index contributed by atoms with van der Waals surface area (Å²) in [6.45, 7) is 8.25. The van der Waals surface area contributed by atoms with Crippen molar-refractivity contribution in [3.8, 4) is 0 Å². The van der Waals surface area contributed by atoms with Gasteiger partial charge in [0.15, 0.2) is 0 Å². The zero-order valence-electron chi connectivity index (χ0n) is 13.5. The Hall–Kier alpha value is -1.55. The van der Waals surface area contributed by atoms with Gasteiger partial charge in [-0.05, 0) is 51.4 Å². The zero-order valence-corrected chi connectivity index (χ0v) is 13.5. The van der Waals surface area contributed by atoms with Crippen LogP contribution in [0.4, 0.5) is 5.69 Å². The monoisotopic (exact) mass is 289 g/mol. The average Bonchev–Trinajstić information content (AvgIpc) is 2.45. The van der Waals surface area contributed by atoms with Gasteiger partial charge in [-0.25, -0.2) is 0 Å². The molecule has 0 bridgehead atoms. The van der Waals surface area contributed by atoms with E-state index in [2.05, 4.69) is 36.4 Å². The van der Waals surface area contributed by atoms with Gasteiger partial charge in [-0.2, -0.15) is 0 Å². The molecule has 2 N–H and O–H groups in total. The van der Waals surface area contributed by atoms with E-state index in [1.807, 2.05) is 31.2 Å². The SMILES string of the molecule is CCNC(=O)c1cccc(NC2CC(C)N(C)CC2C)c1.